The van der Waals surface area contributed by atoms with Crippen molar-refractivity contribution < 1.29 is 14.7 Å². The number of carbonyl (C=O) groups is 2. The third kappa shape index (κ3) is 2.44. The summed E-state index contributed by atoms with van der Waals surface area (Å²) in [4.78, 5) is 23.5. The molecule has 0 aliphatic carbocycles. The van der Waals surface area contributed by atoms with Crippen LogP contribution in [0.2, 0.25) is 0 Å². The Labute approximate surface area is 118 Å². The lowest BCUT2D eigenvalue weighted by Crippen LogP contribution is -2.10. The molecule has 0 saturated carbocycles. The Morgan fingerprint density at radius 1 is 0.950 bits per heavy atom. The van der Waals surface area contributed by atoms with Gasteiger partial charge in [-0.1, -0.05) is 50.2 Å². The van der Waals surface area contributed by atoms with Gasteiger partial charge in [-0.05, 0) is 23.3 Å². The van der Waals surface area contributed by atoms with Crippen LogP contribution < -0.4 is 0 Å². The number of ketones is 1. The molecule has 1 unspecified atom stereocenters. The van der Waals surface area contributed by atoms with Crippen molar-refractivity contribution in [2.24, 2.45) is 5.92 Å². The minimum absolute atomic E-state index is 0.0794. The molecule has 0 amide bonds. The van der Waals surface area contributed by atoms with E-state index >= 15 is 0 Å². The molecule has 3 nitrogen and oxygen atoms in total. The van der Waals surface area contributed by atoms with Crippen LogP contribution in [-0.4, -0.2) is 16.9 Å². The van der Waals surface area contributed by atoms with E-state index in [0.29, 0.717) is 5.56 Å². The molecule has 0 fully saturated rings. The summed E-state index contributed by atoms with van der Waals surface area (Å²) in [5.74, 6) is -1.46. The van der Waals surface area contributed by atoms with Crippen molar-refractivity contribution >= 4 is 22.5 Å². The van der Waals surface area contributed by atoms with Gasteiger partial charge in [-0.15, -0.1) is 0 Å². The van der Waals surface area contributed by atoms with Gasteiger partial charge in [-0.2, -0.15) is 0 Å². The van der Waals surface area contributed by atoms with Crippen molar-refractivity contribution in [2.45, 2.75) is 26.7 Å². The van der Waals surface area contributed by atoms with Crippen LogP contribution in [0.5, 0.6) is 0 Å². The molecule has 0 aromatic heterocycles. The molecule has 2 rings (SSSR count). The number of hydrogen-bond donors (Lipinski definition) is 1. The van der Waals surface area contributed by atoms with Gasteiger partial charge in [-0.25, -0.2) is 0 Å². The first kappa shape index (κ1) is 14.3. The molecule has 0 bridgehead atoms. The van der Waals surface area contributed by atoms with Crippen LogP contribution in [0.3, 0.4) is 0 Å². The quantitative estimate of drug-likeness (QED) is 0.858. The summed E-state index contributed by atoms with van der Waals surface area (Å²) in [5.41, 5.74) is 1.41. The van der Waals surface area contributed by atoms with Crippen LogP contribution >= 0.6 is 0 Å². The SMILES string of the molecule is CC(C)C(=O)c1cccc2c(C(C)C(=O)O)cccc12. The molecule has 0 aliphatic heterocycles. The van der Waals surface area contributed by atoms with Gasteiger partial charge in [0.05, 0.1) is 5.92 Å². The number of carbonyl (C=O) groups excluding carboxylic acids is 1. The van der Waals surface area contributed by atoms with Gasteiger partial charge in [-0.3, -0.25) is 9.59 Å². The fourth-order valence-corrected chi connectivity index (χ4v) is 2.37. The van der Waals surface area contributed by atoms with Gasteiger partial charge in [0.1, 0.15) is 0 Å². The number of Topliss-reactive ketones (excluding diaryl/α,β-unsaturated/α-hetero) is 1. The summed E-state index contributed by atoms with van der Waals surface area (Å²) in [6.07, 6.45) is 0. The van der Waals surface area contributed by atoms with Crippen LogP contribution in [0.15, 0.2) is 36.4 Å². The lowest BCUT2D eigenvalue weighted by atomic mass is 9.90. The molecule has 104 valence electrons. The van der Waals surface area contributed by atoms with Crippen molar-refractivity contribution in [2.75, 3.05) is 0 Å². The zero-order valence-corrected chi connectivity index (χ0v) is 11.9. The highest BCUT2D eigenvalue weighted by Gasteiger charge is 2.19. The second-order valence-corrected chi connectivity index (χ2v) is 5.33. The highest BCUT2D eigenvalue weighted by Crippen LogP contribution is 2.29. The van der Waals surface area contributed by atoms with Crippen molar-refractivity contribution in [1.29, 1.82) is 0 Å². The molecular weight excluding hydrogens is 252 g/mol. The summed E-state index contributed by atoms with van der Waals surface area (Å²) in [6.45, 7) is 5.39. The summed E-state index contributed by atoms with van der Waals surface area (Å²) in [5, 5.41) is 10.9. The molecule has 0 saturated heterocycles. The van der Waals surface area contributed by atoms with E-state index in [1.165, 1.54) is 0 Å². The molecule has 0 radical (unpaired) electrons. The minimum Gasteiger partial charge on any atom is -0.481 e. The van der Waals surface area contributed by atoms with Gasteiger partial charge >= 0.3 is 5.97 Å². The maximum Gasteiger partial charge on any atom is 0.310 e. The molecule has 2 aromatic carbocycles. The highest BCUT2D eigenvalue weighted by molar-refractivity contribution is 6.10. The molecule has 1 N–H and O–H groups in total. The monoisotopic (exact) mass is 270 g/mol. The summed E-state index contributed by atoms with van der Waals surface area (Å²) in [6, 6.07) is 11.0. The van der Waals surface area contributed by atoms with Crippen LogP contribution in [0, 0.1) is 5.92 Å². The predicted octanol–water partition coefficient (Wildman–Crippen LogP) is 3.87. The third-order valence-corrected chi connectivity index (χ3v) is 3.58. The lowest BCUT2D eigenvalue weighted by molar-refractivity contribution is -0.138. The van der Waals surface area contributed by atoms with Crippen molar-refractivity contribution in [1.82, 2.24) is 0 Å². The van der Waals surface area contributed by atoms with E-state index in [4.69, 9.17) is 0 Å². The largest absolute Gasteiger partial charge is 0.481 e. The Kier molecular flexibility index (Phi) is 3.89. The Morgan fingerprint density at radius 2 is 1.55 bits per heavy atom. The van der Waals surface area contributed by atoms with Gasteiger partial charge in [0.2, 0.25) is 0 Å². The number of carboxylic acids is 1. The number of hydrogen-bond acceptors (Lipinski definition) is 2. The van der Waals surface area contributed by atoms with Gasteiger partial charge in [0.25, 0.3) is 0 Å². The Balaban J connectivity index is 2.69. The molecule has 0 heterocycles. The fraction of sp³-hybridized carbons (Fsp3) is 0.294. The summed E-state index contributed by atoms with van der Waals surface area (Å²) in [7, 11) is 0. The van der Waals surface area contributed by atoms with E-state index in [9.17, 15) is 14.7 Å². The molecule has 0 spiro atoms. The van der Waals surface area contributed by atoms with Gasteiger partial charge in [0, 0.05) is 11.5 Å². The Bertz CT molecular complexity index is 671. The molecule has 3 heteroatoms. The minimum atomic E-state index is -0.863. The molecule has 0 aliphatic rings. The van der Waals surface area contributed by atoms with Gasteiger partial charge in [0.15, 0.2) is 5.78 Å². The van der Waals surface area contributed by atoms with E-state index in [1.807, 2.05) is 44.2 Å². The van der Waals surface area contributed by atoms with Crippen LogP contribution in [0.4, 0.5) is 0 Å². The Hall–Kier alpha value is -2.16. The predicted molar refractivity (Wildman–Crippen MR) is 79.2 cm³/mol. The van der Waals surface area contributed by atoms with E-state index in [2.05, 4.69) is 0 Å². The molecule has 2 aromatic rings. The molecule has 1 atom stereocenters. The topological polar surface area (TPSA) is 54.4 Å². The van der Waals surface area contributed by atoms with Crippen molar-refractivity contribution in [3.63, 3.8) is 0 Å². The molecular formula is C17H18O3. The zero-order valence-electron chi connectivity index (χ0n) is 11.9. The Morgan fingerprint density at radius 3 is 2.15 bits per heavy atom. The fourth-order valence-electron chi connectivity index (χ4n) is 2.37. The maximum atomic E-state index is 12.3. The standard InChI is InChI=1S/C17H18O3/c1-10(2)16(18)15-9-5-7-13-12(11(3)17(19)20)6-4-8-14(13)15/h4-11H,1-3H3,(H,19,20). The van der Waals surface area contributed by atoms with Crippen molar-refractivity contribution in [3.05, 3.63) is 47.5 Å². The maximum absolute atomic E-state index is 12.3. The smallest absolute Gasteiger partial charge is 0.310 e. The van der Waals surface area contributed by atoms with Crippen LogP contribution in [0.25, 0.3) is 10.8 Å². The number of carboxylic acid groups (broad SMARTS) is 1. The highest BCUT2D eigenvalue weighted by atomic mass is 16.4. The average Bonchev–Trinajstić information content (AvgIpc) is 2.44. The number of aliphatic carboxylic acids is 1. The van der Waals surface area contributed by atoms with Crippen molar-refractivity contribution in [3.8, 4) is 0 Å². The number of benzene rings is 2. The molecule has 20 heavy (non-hydrogen) atoms. The summed E-state index contributed by atoms with van der Waals surface area (Å²) < 4.78 is 0. The third-order valence-electron chi connectivity index (χ3n) is 3.58. The van der Waals surface area contributed by atoms with Gasteiger partial charge < -0.3 is 5.11 Å². The normalized spacial score (nSPS) is 12.6. The second kappa shape index (κ2) is 5.45. The number of fused-ring (bicyclic) bond motifs is 1. The first-order chi connectivity index (χ1) is 9.43. The zero-order chi connectivity index (χ0) is 14.9. The summed E-state index contributed by atoms with van der Waals surface area (Å²) >= 11 is 0. The first-order valence-corrected chi connectivity index (χ1v) is 6.72. The van der Waals surface area contributed by atoms with Crippen LogP contribution in [0.1, 0.15) is 42.6 Å². The van der Waals surface area contributed by atoms with E-state index < -0.39 is 11.9 Å². The lowest BCUT2D eigenvalue weighted by Gasteiger charge is -2.13. The van der Waals surface area contributed by atoms with E-state index in [-0.39, 0.29) is 11.7 Å². The van der Waals surface area contributed by atoms with E-state index in [0.717, 1.165) is 16.3 Å². The number of rotatable bonds is 4. The van der Waals surface area contributed by atoms with E-state index in [1.54, 1.807) is 13.0 Å². The second-order valence-electron chi connectivity index (χ2n) is 5.33. The van der Waals surface area contributed by atoms with Crippen LogP contribution in [-0.2, 0) is 4.79 Å². The average molecular weight is 270 g/mol. The first-order valence-electron chi connectivity index (χ1n) is 6.72.